The highest BCUT2D eigenvalue weighted by Crippen LogP contribution is 2.39. The maximum atomic E-state index is 12.6. The van der Waals surface area contributed by atoms with E-state index in [1.165, 1.54) is 0 Å². The van der Waals surface area contributed by atoms with Crippen molar-refractivity contribution in [1.29, 1.82) is 0 Å². The molecule has 0 aliphatic carbocycles. The third kappa shape index (κ3) is 3.67. The minimum absolute atomic E-state index is 0.177. The van der Waals surface area contributed by atoms with Crippen LogP contribution in [0.15, 0.2) is 47.4 Å². The molecule has 0 bridgehead atoms. The summed E-state index contributed by atoms with van der Waals surface area (Å²) >= 11 is 6.33. The highest BCUT2D eigenvalue weighted by molar-refractivity contribution is 7.92. The van der Waals surface area contributed by atoms with Crippen molar-refractivity contribution in [2.24, 2.45) is 0 Å². The Morgan fingerprint density at radius 2 is 1.72 bits per heavy atom. The Morgan fingerprint density at radius 1 is 1.08 bits per heavy atom. The summed E-state index contributed by atoms with van der Waals surface area (Å²) < 4.78 is 27.8. The van der Waals surface area contributed by atoms with Crippen molar-refractivity contribution in [2.75, 3.05) is 10.0 Å². The molecule has 4 nitrogen and oxygen atoms in total. The first-order valence-electron chi connectivity index (χ1n) is 7.98. The van der Waals surface area contributed by atoms with Gasteiger partial charge < -0.3 is 5.32 Å². The van der Waals surface area contributed by atoms with Crippen molar-refractivity contribution < 1.29 is 8.42 Å². The van der Waals surface area contributed by atoms with Crippen molar-refractivity contribution >= 4 is 38.6 Å². The lowest BCUT2D eigenvalue weighted by Crippen LogP contribution is -2.31. The van der Waals surface area contributed by atoms with Gasteiger partial charge in [-0.15, -0.1) is 0 Å². The number of nitrogens with one attached hydrogen (secondary N) is 2. The Kier molecular flexibility index (Phi) is 4.33. The lowest BCUT2D eigenvalue weighted by Gasteiger charge is -2.32. The summed E-state index contributed by atoms with van der Waals surface area (Å²) in [5.74, 6) is 0. The van der Waals surface area contributed by atoms with Crippen molar-refractivity contribution in [3.05, 3.63) is 58.6 Å². The molecule has 25 heavy (non-hydrogen) atoms. The van der Waals surface area contributed by atoms with E-state index in [0.717, 1.165) is 22.4 Å². The van der Waals surface area contributed by atoms with Gasteiger partial charge in [-0.25, -0.2) is 8.42 Å². The summed E-state index contributed by atoms with van der Waals surface area (Å²) in [4.78, 5) is 0.207. The molecule has 0 amide bonds. The Morgan fingerprint density at radius 3 is 2.36 bits per heavy atom. The molecule has 1 aliphatic rings. The average molecular weight is 377 g/mol. The van der Waals surface area contributed by atoms with Crippen LogP contribution in [0.4, 0.5) is 11.4 Å². The van der Waals surface area contributed by atoms with E-state index in [4.69, 9.17) is 11.6 Å². The van der Waals surface area contributed by atoms with Crippen LogP contribution in [-0.2, 0) is 10.0 Å². The van der Waals surface area contributed by atoms with Gasteiger partial charge in [0, 0.05) is 11.3 Å². The predicted octanol–water partition coefficient (Wildman–Crippen LogP) is 5.06. The van der Waals surface area contributed by atoms with Gasteiger partial charge in [-0.05, 0) is 57.5 Å². The molecule has 3 rings (SSSR count). The molecule has 0 spiro atoms. The van der Waals surface area contributed by atoms with Crippen molar-refractivity contribution in [2.45, 2.75) is 38.1 Å². The number of hydrogen-bond donors (Lipinski definition) is 2. The van der Waals surface area contributed by atoms with Crippen LogP contribution < -0.4 is 10.0 Å². The molecule has 132 valence electrons. The van der Waals surface area contributed by atoms with E-state index in [-0.39, 0.29) is 10.4 Å². The number of benzene rings is 2. The van der Waals surface area contributed by atoms with E-state index in [1.54, 1.807) is 36.4 Å². The monoisotopic (exact) mass is 376 g/mol. The molecular formula is C19H21ClN2O2S. The van der Waals surface area contributed by atoms with Gasteiger partial charge in [0.25, 0.3) is 10.0 Å². The Hall–Kier alpha value is -1.98. The first kappa shape index (κ1) is 17.8. The highest BCUT2D eigenvalue weighted by Gasteiger charge is 2.24. The molecule has 0 saturated heterocycles. The number of sulfonamides is 1. The van der Waals surface area contributed by atoms with Gasteiger partial charge in [-0.3, -0.25) is 4.72 Å². The maximum absolute atomic E-state index is 12.6. The van der Waals surface area contributed by atoms with Gasteiger partial charge in [0.15, 0.2) is 0 Å². The van der Waals surface area contributed by atoms with E-state index in [9.17, 15) is 8.42 Å². The molecular weight excluding hydrogens is 356 g/mol. The Labute approximate surface area is 154 Å². The number of fused-ring (bicyclic) bond motifs is 1. The molecule has 0 aromatic heterocycles. The molecule has 2 aromatic rings. The lowest BCUT2D eigenvalue weighted by atomic mass is 9.91. The first-order chi connectivity index (χ1) is 11.6. The first-order valence-corrected chi connectivity index (χ1v) is 9.85. The zero-order valence-corrected chi connectivity index (χ0v) is 16.2. The van der Waals surface area contributed by atoms with Crippen LogP contribution in [-0.4, -0.2) is 14.0 Å². The van der Waals surface area contributed by atoms with Crippen molar-refractivity contribution in [3.63, 3.8) is 0 Å². The average Bonchev–Trinajstić information content (AvgIpc) is 2.48. The van der Waals surface area contributed by atoms with Gasteiger partial charge in [0.1, 0.15) is 0 Å². The number of anilines is 2. The normalized spacial score (nSPS) is 15.8. The summed E-state index contributed by atoms with van der Waals surface area (Å²) in [5.41, 5.74) is 4.10. The largest absolute Gasteiger partial charge is 0.376 e. The Bertz CT molecular complexity index is 962. The second-order valence-electron chi connectivity index (χ2n) is 6.97. The van der Waals surface area contributed by atoms with E-state index < -0.39 is 10.0 Å². The molecule has 0 saturated carbocycles. The second-order valence-corrected chi connectivity index (χ2v) is 9.06. The zero-order chi connectivity index (χ0) is 18.4. The highest BCUT2D eigenvalue weighted by atomic mass is 35.5. The minimum atomic E-state index is -3.69. The lowest BCUT2D eigenvalue weighted by molar-refractivity contribution is 0.601. The minimum Gasteiger partial charge on any atom is -0.376 e. The molecule has 0 radical (unpaired) electrons. The summed E-state index contributed by atoms with van der Waals surface area (Å²) in [6.45, 7) is 8.06. The van der Waals surface area contributed by atoms with Gasteiger partial charge >= 0.3 is 0 Å². The second kappa shape index (κ2) is 6.07. The summed E-state index contributed by atoms with van der Waals surface area (Å²) in [6, 6.07) is 10.2. The molecule has 0 atom stereocenters. The smallest absolute Gasteiger partial charge is 0.261 e. The van der Waals surface area contributed by atoms with E-state index in [2.05, 4.69) is 30.0 Å². The van der Waals surface area contributed by atoms with E-state index in [0.29, 0.717) is 10.7 Å². The molecule has 0 unspecified atom stereocenters. The van der Waals surface area contributed by atoms with Crippen LogP contribution in [0, 0.1) is 6.92 Å². The fraction of sp³-hybridized carbons (Fsp3) is 0.263. The third-order valence-electron chi connectivity index (χ3n) is 4.14. The number of allylic oxidation sites excluding steroid dienone is 1. The fourth-order valence-electron chi connectivity index (χ4n) is 3.00. The van der Waals surface area contributed by atoms with Crippen molar-refractivity contribution in [3.8, 4) is 0 Å². The van der Waals surface area contributed by atoms with Gasteiger partial charge in [-0.2, -0.15) is 0 Å². The summed E-state index contributed by atoms with van der Waals surface area (Å²) in [6.07, 6.45) is 2.11. The number of halogens is 1. The molecule has 1 aliphatic heterocycles. The van der Waals surface area contributed by atoms with Crippen LogP contribution in [0.25, 0.3) is 5.57 Å². The standard InChI is InChI=1S/C19H21ClN2O2S/c1-12-5-7-14(8-6-12)25(23,24)22-18-9-15-13(2)11-19(3,4)21-17(15)10-16(18)20/h5-11,21-22H,1-4H3. The van der Waals surface area contributed by atoms with Crippen LogP contribution in [0.3, 0.4) is 0 Å². The van der Waals surface area contributed by atoms with Gasteiger partial charge in [-0.1, -0.05) is 35.4 Å². The maximum Gasteiger partial charge on any atom is 0.261 e. The Balaban J connectivity index is 1.99. The number of aryl methyl sites for hydroxylation is 1. The quantitative estimate of drug-likeness (QED) is 0.787. The van der Waals surface area contributed by atoms with Crippen LogP contribution in [0.2, 0.25) is 5.02 Å². The van der Waals surface area contributed by atoms with Crippen LogP contribution in [0.5, 0.6) is 0 Å². The molecule has 2 N–H and O–H groups in total. The van der Waals surface area contributed by atoms with Crippen LogP contribution >= 0.6 is 11.6 Å². The van der Waals surface area contributed by atoms with Crippen molar-refractivity contribution in [1.82, 2.24) is 0 Å². The molecule has 0 fully saturated rings. The van der Waals surface area contributed by atoms with E-state index >= 15 is 0 Å². The van der Waals surface area contributed by atoms with Crippen LogP contribution in [0.1, 0.15) is 31.9 Å². The molecule has 6 heteroatoms. The summed E-state index contributed by atoms with van der Waals surface area (Å²) in [7, 11) is -3.69. The number of hydrogen-bond acceptors (Lipinski definition) is 3. The summed E-state index contributed by atoms with van der Waals surface area (Å²) in [5, 5.41) is 3.75. The van der Waals surface area contributed by atoms with Gasteiger partial charge in [0.2, 0.25) is 0 Å². The third-order valence-corrected chi connectivity index (χ3v) is 5.84. The SMILES string of the molecule is CC1=CC(C)(C)Nc2cc(Cl)c(NS(=O)(=O)c3ccc(C)cc3)cc21. The number of rotatable bonds is 3. The van der Waals surface area contributed by atoms with Gasteiger partial charge in [0.05, 0.1) is 21.1 Å². The zero-order valence-electron chi connectivity index (χ0n) is 14.6. The fourth-order valence-corrected chi connectivity index (χ4v) is 4.34. The molecule has 2 aromatic carbocycles. The topological polar surface area (TPSA) is 58.2 Å². The van der Waals surface area contributed by atoms with E-state index in [1.807, 2.05) is 13.8 Å². The predicted molar refractivity (Wildman–Crippen MR) is 105 cm³/mol. The molecule has 1 heterocycles.